The first kappa shape index (κ1) is 9.51. The Bertz CT molecular complexity index is 286. The number of hydrogen-bond donors (Lipinski definition) is 2. The average Bonchev–Trinajstić information content (AvgIpc) is 2.03. The Balaban J connectivity index is 2.82. The molecule has 4 heteroatoms. The largest absolute Gasteiger partial charge is 0.480 e. The van der Waals surface area contributed by atoms with Crippen LogP contribution >= 0.6 is 15.9 Å². The lowest BCUT2D eigenvalue weighted by Gasteiger charge is -1.95. The van der Waals surface area contributed by atoms with Gasteiger partial charge < -0.3 is 10.0 Å². The average molecular weight is 227 g/mol. The van der Waals surface area contributed by atoms with Gasteiger partial charge in [0.25, 0.3) is 0 Å². The topological polar surface area (TPSA) is 40.5 Å². The molecule has 1 rings (SSSR count). The van der Waals surface area contributed by atoms with Crippen LogP contribution in [0.3, 0.4) is 0 Å². The SMILES string of the molecule is OB(O)C=Cc1ccccc1Br. The lowest BCUT2D eigenvalue weighted by Crippen LogP contribution is -2.05. The molecule has 2 N–H and O–H groups in total. The molecule has 62 valence electrons. The molecular weight excluding hydrogens is 219 g/mol. The summed E-state index contributed by atoms with van der Waals surface area (Å²) in [4.78, 5) is 0. The molecule has 0 aromatic heterocycles. The van der Waals surface area contributed by atoms with Crippen molar-refractivity contribution in [1.29, 1.82) is 0 Å². The van der Waals surface area contributed by atoms with Crippen molar-refractivity contribution in [3.05, 3.63) is 40.3 Å². The van der Waals surface area contributed by atoms with Crippen LogP contribution in [-0.2, 0) is 0 Å². The Morgan fingerprint density at radius 3 is 2.50 bits per heavy atom. The molecule has 12 heavy (non-hydrogen) atoms. The molecule has 0 atom stereocenters. The van der Waals surface area contributed by atoms with Gasteiger partial charge in [-0.05, 0) is 11.6 Å². The van der Waals surface area contributed by atoms with Gasteiger partial charge in [-0.15, -0.1) is 0 Å². The predicted octanol–water partition coefficient (Wildman–Crippen LogP) is 1.47. The summed E-state index contributed by atoms with van der Waals surface area (Å²) < 4.78 is 0.932. The van der Waals surface area contributed by atoms with Crippen molar-refractivity contribution < 1.29 is 10.0 Å². The number of hydrogen-bond acceptors (Lipinski definition) is 2. The van der Waals surface area contributed by atoms with Crippen LogP contribution in [0.15, 0.2) is 34.7 Å². The van der Waals surface area contributed by atoms with Crippen LogP contribution in [0.25, 0.3) is 6.08 Å². The summed E-state index contributed by atoms with van der Waals surface area (Å²) >= 11 is 3.33. The summed E-state index contributed by atoms with van der Waals surface area (Å²) in [6, 6.07) is 7.55. The molecule has 0 radical (unpaired) electrons. The normalized spacial score (nSPS) is 10.6. The Labute approximate surface area is 79.8 Å². The maximum absolute atomic E-state index is 8.56. The molecule has 0 spiro atoms. The fourth-order valence-corrected chi connectivity index (χ4v) is 1.22. The Morgan fingerprint density at radius 2 is 1.92 bits per heavy atom. The lowest BCUT2D eigenvalue weighted by molar-refractivity contribution is 0.424. The van der Waals surface area contributed by atoms with Gasteiger partial charge in [0.15, 0.2) is 0 Å². The van der Waals surface area contributed by atoms with E-state index in [1.807, 2.05) is 24.3 Å². The van der Waals surface area contributed by atoms with Crippen molar-refractivity contribution in [2.75, 3.05) is 0 Å². The minimum Gasteiger partial charge on any atom is -0.424 e. The first-order valence-corrected chi connectivity index (χ1v) is 4.28. The van der Waals surface area contributed by atoms with E-state index in [4.69, 9.17) is 10.0 Å². The van der Waals surface area contributed by atoms with Crippen LogP contribution in [0.4, 0.5) is 0 Å². The van der Waals surface area contributed by atoms with E-state index in [9.17, 15) is 0 Å². The first-order valence-electron chi connectivity index (χ1n) is 3.49. The monoisotopic (exact) mass is 226 g/mol. The molecule has 0 aliphatic rings. The number of halogens is 1. The summed E-state index contributed by atoms with van der Waals surface area (Å²) in [6.07, 6.45) is 1.65. The fourth-order valence-electron chi connectivity index (χ4n) is 0.800. The van der Waals surface area contributed by atoms with Crippen LogP contribution in [-0.4, -0.2) is 17.2 Å². The fraction of sp³-hybridized carbons (Fsp3) is 0. The summed E-state index contributed by atoms with van der Waals surface area (Å²) in [5.41, 5.74) is 0.922. The van der Waals surface area contributed by atoms with E-state index in [0.29, 0.717) is 0 Å². The van der Waals surface area contributed by atoms with Gasteiger partial charge in [-0.1, -0.05) is 46.2 Å². The second kappa shape index (κ2) is 4.45. The maximum Gasteiger partial charge on any atom is 0.480 e. The summed E-state index contributed by atoms with van der Waals surface area (Å²) in [6.45, 7) is 0. The molecule has 0 amide bonds. The van der Waals surface area contributed by atoms with Gasteiger partial charge >= 0.3 is 7.12 Å². The van der Waals surface area contributed by atoms with Gasteiger partial charge in [-0.2, -0.15) is 0 Å². The van der Waals surface area contributed by atoms with E-state index in [1.54, 1.807) is 6.08 Å². The molecule has 0 unspecified atom stereocenters. The zero-order chi connectivity index (χ0) is 8.97. The molecule has 1 aromatic carbocycles. The molecule has 0 fully saturated rings. The van der Waals surface area contributed by atoms with Gasteiger partial charge in [0.1, 0.15) is 0 Å². The minimum atomic E-state index is -1.39. The van der Waals surface area contributed by atoms with E-state index in [2.05, 4.69) is 15.9 Å². The Kier molecular flexibility index (Phi) is 3.53. The highest BCUT2D eigenvalue weighted by Crippen LogP contribution is 2.16. The first-order chi connectivity index (χ1) is 5.70. The minimum absolute atomic E-state index is 0.922. The van der Waals surface area contributed by atoms with Gasteiger partial charge in [-0.25, -0.2) is 0 Å². The van der Waals surface area contributed by atoms with E-state index in [-0.39, 0.29) is 0 Å². The van der Waals surface area contributed by atoms with Crippen LogP contribution in [0.5, 0.6) is 0 Å². The number of benzene rings is 1. The molecule has 2 nitrogen and oxygen atoms in total. The summed E-state index contributed by atoms with van der Waals surface area (Å²) in [5.74, 6) is 1.31. The zero-order valence-electron chi connectivity index (χ0n) is 6.31. The van der Waals surface area contributed by atoms with Gasteiger partial charge in [0.05, 0.1) is 0 Å². The van der Waals surface area contributed by atoms with E-state index < -0.39 is 7.12 Å². The van der Waals surface area contributed by atoms with E-state index in [0.717, 1.165) is 10.0 Å². The summed E-state index contributed by atoms with van der Waals surface area (Å²) in [7, 11) is -1.39. The van der Waals surface area contributed by atoms with Crippen molar-refractivity contribution in [3.63, 3.8) is 0 Å². The second-order valence-corrected chi connectivity index (χ2v) is 3.15. The van der Waals surface area contributed by atoms with Crippen molar-refractivity contribution >= 4 is 29.1 Å². The van der Waals surface area contributed by atoms with Gasteiger partial charge in [-0.3, -0.25) is 0 Å². The van der Waals surface area contributed by atoms with Crippen molar-refractivity contribution in [3.8, 4) is 0 Å². The zero-order valence-corrected chi connectivity index (χ0v) is 7.90. The van der Waals surface area contributed by atoms with E-state index in [1.165, 1.54) is 5.98 Å². The molecular formula is C8H8BBrO2. The lowest BCUT2D eigenvalue weighted by atomic mass is 9.91. The third kappa shape index (κ3) is 2.81. The van der Waals surface area contributed by atoms with Crippen LogP contribution in [0, 0.1) is 0 Å². The van der Waals surface area contributed by atoms with Crippen molar-refractivity contribution in [1.82, 2.24) is 0 Å². The smallest absolute Gasteiger partial charge is 0.424 e. The van der Waals surface area contributed by atoms with Gasteiger partial charge in [0.2, 0.25) is 0 Å². The molecule has 0 saturated heterocycles. The molecule has 0 aliphatic carbocycles. The molecule has 0 saturated carbocycles. The summed E-state index contributed by atoms with van der Waals surface area (Å²) in [5, 5.41) is 17.1. The highest BCUT2D eigenvalue weighted by molar-refractivity contribution is 9.10. The highest BCUT2D eigenvalue weighted by atomic mass is 79.9. The third-order valence-corrected chi connectivity index (χ3v) is 2.08. The standard InChI is InChI=1S/C8H8BBrO2/c10-8-4-2-1-3-7(8)5-6-9(11)12/h1-6,11-12H. The Hall–Kier alpha value is -0.575. The third-order valence-electron chi connectivity index (χ3n) is 1.35. The van der Waals surface area contributed by atoms with Crippen LogP contribution < -0.4 is 0 Å². The maximum atomic E-state index is 8.56. The molecule has 0 heterocycles. The van der Waals surface area contributed by atoms with E-state index >= 15 is 0 Å². The molecule has 1 aromatic rings. The Morgan fingerprint density at radius 1 is 1.25 bits per heavy atom. The predicted molar refractivity (Wildman–Crippen MR) is 53.4 cm³/mol. The van der Waals surface area contributed by atoms with Crippen molar-refractivity contribution in [2.24, 2.45) is 0 Å². The van der Waals surface area contributed by atoms with Crippen LogP contribution in [0.2, 0.25) is 0 Å². The molecule has 0 aliphatic heterocycles. The second-order valence-electron chi connectivity index (χ2n) is 2.29. The van der Waals surface area contributed by atoms with Gasteiger partial charge in [0, 0.05) is 4.47 Å². The highest BCUT2D eigenvalue weighted by Gasteiger charge is 1.99. The van der Waals surface area contributed by atoms with Crippen LogP contribution in [0.1, 0.15) is 5.56 Å². The number of rotatable bonds is 2. The quantitative estimate of drug-likeness (QED) is 0.751. The molecule has 0 bridgehead atoms. The van der Waals surface area contributed by atoms with Crippen molar-refractivity contribution in [2.45, 2.75) is 0 Å².